The average Bonchev–Trinajstić information content (AvgIpc) is 3.43. The summed E-state index contributed by atoms with van der Waals surface area (Å²) < 4.78 is 1.71. The lowest BCUT2D eigenvalue weighted by Gasteiger charge is -2.02. The summed E-state index contributed by atoms with van der Waals surface area (Å²) in [6, 6.07) is 18.8. The number of nitrogens with zero attached hydrogens (tertiary/aromatic N) is 4. The first-order valence-corrected chi connectivity index (χ1v) is 10.1. The third-order valence-corrected chi connectivity index (χ3v) is 5.14. The Bertz CT molecular complexity index is 1240. The number of halogens is 1. The fourth-order valence-corrected chi connectivity index (χ4v) is 3.44. The van der Waals surface area contributed by atoms with Gasteiger partial charge in [0.15, 0.2) is 5.13 Å². The number of aromatic nitrogens is 3. The van der Waals surface area contributed by atoms with Crippen molar-refractivity contribution in [2.24, 2.45) is 0 Å². The van der Waals surface area contributed by atoms with Crippen LogP contribution < -0.4 is 5.32 Å². The Labute approximate surface area is 181 Å². The van der Waals surface area contributed by atoms with E-state index >= 15 is 0 Å². The van der Waals surface area contributed by atoms with Crippen molar-refractivity contribution in [3.63, 3.8) is 0 Å². The fraction of sp³-hybridized carbons (Fsp3) is 0. The van der Waals surface area contributed by atoms with Gasteiger partial charge in [0.2, 0.25) is 0 Å². The second-order valence-electron chi connectivity index (χ2n) is 6.18. The molecule has 6 nitrogen and oxygen atoms in total. The maximum absolute atomic E-state index is 12.5. The maximum Gasteiger partial charge on any atom is 0.268 e. The second-order valence-corrected chi connectivity index (χ2v) is 7.51. The summed E-state index contributed by atoms with van der Waals surface area (Å²) in [4.78, 5) is 16.6. The lowest BCUT2D eigenvalue weighted by molar-refractivity contribution is -0.112. The molecule has 0 bridgehead atoms. The predicted molar refractivity (Wildman–Crippen MR) is 118 cm³/mol. The number of hydrogen-bond donors (Lipinski definition) is 1. The van der Waals surface area contributed by atoms with Crippen LogP contribution in [0.2, 0.25) is 5.02 Å². The minimum absolute atomic E-state index is 0.0481. The smallest absolute Gasteiger partial charge is 0.268 e. The molecule has 4 rings (SSSR count). The molecule has 1 N–H and O–H groups in total. The molecule has 0 aliphatic rings. The van der Waals surface area contributed by atoms with Crippen molar-refractivity contribution < 1.29 is 4.79 Å². The molecule has 0 radical (unpaired) electrons. The highest BCUT2D eigenvalue weighted by Crippen LogP contribution is 2.27. The third-order valence-electron chi connectivity index (χ3n) is 4.20. The first-order valence-electron chi connectivity index (χ1n) is 8.88. The first-order chi connectivity index (χ1) is 14.6. The van der Waals surface area contributed by atoms with Gasteiger partial charge in [-0.15, -0.1) is 11.3 Å². The Morgan fingerprint density at radius 1 is 1.17 bits per heavy atom. The summed E-state index contributed by atoms with van der Waals surface area (Å²) in [5.41, 5.74) is 2.89. The summed E-state index contributed by atoms with van der Waals surface area (Å²) in [5, 5.41) is 19.7. The number of anilines is 1. The molecule has 0 aliphatic carbocycles. The van der Waals surface area contributed by atoms with Crippen LogP contribution in [0.25, 0.3) is 23.0 Å². The molecule has 146 valence electrons. The van der Waals surface area contributed by atoms with E-state index < -0.39 is 5.91 Å². The van der Waals surface area contributed by atoms with Crippen molar-refractivity contribution in [3.05, 3.63) is 88.5 Å². The maximum atomic E-state index is 12.5. The molecule has 0 aliphatic heterocycles. The van der Waals surface area contributed by atoms with E-state index in [0.717, 1.165) is 11.3 Å². The Balaban J connectivity index is 1.77. The van der Waals surface area contributed by atoms with Gasteiger partial charge in [-0.25, -0.2) is 9.67 Å². The highest BCUT2D eigenvalue weighted by Gasteiger charge is 2.16. The molecule has 2 aromatic heterocycles. The Morgan fingerprint density at radius 2 is 1.93 bits per heavy atom. The summed E-state index contributed by atoms with van der Waals surface area (Å²) in [6.07, 6.45) is 4.89. The summed E-state index contributed by atoms with van der Waals surface area (Å²) in [7, 11) is 0. The molecule has 2 aromatic carbocycles. The van der Waals surface area contributed by atoms with Gasteiger partial charge in [-0.05, 0) is 30.3 Å². The van der Waals surface area contributed by atoms with E-state index in [1.807, 2.05) is 48.5 Å². The quantitative estimate of drug-likeness (QED) is 0.348. The van der Waals surface area contributed by atoms with Crippen molar-refractivity contribution in [2.45, 2.75) is 0 Å². The normalized spacial score (nSPS) is 11.1. The zero-order valence-electron chi connectivity index (χ0n) is 15.5. The minimum atomic E-state index is -0.526. The van der Waals surface area contributed by atoms with E-state index in [1.165, 1.54) is 17.4 Å². The molecular weight excluding hydrogens is 418 g/mol. The molecular formula is C22H14ClN5OS. The second kappa shape index (κ2) is 8.74. The summed E-state index contributed by atoms with van der Waals surface area (Å²) in [5.74, 6) is -0.526. The van der Waals surface area contributed by atoms with E-state index in [0.29, 0.717) is 21.4 Å². The van der Waals surface area contributed by atoms with Gasteiger partial charge >= 0.3 is 0 Å². The van der Waals surface area contributed by atoms with Gasteiger partial charge in [0.1, 0.15) is 11.6 Å². The summed E-state index contributed by atoms with van der Waals surface area (Å²) >= 11 is 7.30. The number of nitriles is 1. The van der Waals surface area contributed by atoms with Crippen LogP contribution in [0.5, 0.6) is 0 Å². The van der Waals surface area contributed by atoms with Crippen molar-refractivity contribution >= 4 is 40.1 Å². The van der Waals surface area contributed by atoms with Gasteiger partial charge in [0, 0.05) is 33.9 Å². The van der Waals surface area contributed by atoms with Crippen LogP contribution in [0.1, 0.15) is 5.56 Å². The molecule has 2 heterocycles. The predicted octanol–water partition coefficient (Wildman–Crippen LogP) is 5.19. The van der Waals surface area contributed by atoms with Gasteiger partial charge < -0.3 is 0 Å². The molecule has 30 heavy (non-hydrogen) atoms. The molecule has 0 saturated heterocycles. The topological polar surface area (TPSA) is 83.6 Å². The first kappa shape index (κ1) is 19.6. The monoisotopic (exact) mass is 431 g/mol. The molecule has 0 atom stereocenters. The van der Waals surface area contributed by atoms with Gasteiger partial charge in [0.25, 0.3) is 5.91 Å². The lowest BCUT2D eigenvalue weighted by Crippen LogP contribution is -2.13. The number of para-hydroxylation sites is 1. The Kier molecular flexibility index (Phi) is 5.70. The Hall–Kier alpha value is -3.73. The standard InChI is InChI=1S/C22H14ClN5OS/c23-18-8-6-15(7-9-18)20-17(14-28(27-20)19-4-2-1-3-5-19)12-16(13-24)21(29)26-22-25-10-11-30-22/h1-12,14H,(H,25,26,29). The van der Waals surface area contributed by atoms with Crippen LogP contribution in [0.15, 0.2) is 77.9 Å². The number of carbonyl (C=O) groups is 1. The van der Waals surface area contributed by atoms with Crippen LogP contribution in [0, 0.1) is 11.3 Å². The van der Waals surface area contributed by atoms with Gasteiger partial charge in [-0.1, -0.05) is 41.9 Å². The van der Waals surface area contributed by atoms with Crippen LogP contribution in [0.3, 0.4) is 0 Å². The average molecular weight is 432 g/mol. The molecule has 0 spiro atoms. The van der Waals surface area contributed by atoms with Crippen LogP contribution in [0.4, 0.5) is 5.13 Å². The van der Waals surface area contributed by atoms with Gasteiger partial charge in [-0.3, -0.25) is 10.1 Å². The van der Waals surface area contributed by atoms with Crippen molar-refractivity contribution in [1.29, 1.82) is 5.26 Å². The zero-order chi connectivity index (χ0) is 20.9. The summed E-state index contributed by atoms with van der Waals surface area (Å²) in [6.45, 7) is 0. The number of benzene rings is 2. The molecule has 4 aromatic rings. The van der Waals surface area contributed by atoms with E-state index in [9.17, 15) is 10.1 Å². The molecule has 1 amide bonds. The van der Waals surface area contributed by atoms with E-state index in [-0.39, 0.29) is 5.57 Å². The highest BCUT2D eigenvalue weighted by molar-refractivity contribution is 7.13. The molecule has 0 unspecified atom stereocenters. The van der Waals surface area contributed by atoms with Gasteiger partial charge in [-0.2, -0.15) is 10.4 Å². The third kappa shape index (κ3) is 4.30. The minimum Gasteiger partial charge on any atom is -0.297 e. The van der Waals surface area contributed by atoms with E-state index in [4.69, 9.17) is 11.6 Å². The number of amides is 1. The molecule has 8 heteroatoms. The number of thiazole rings is 1. The fourth-order valence-electron chi connectivity index (χ4n) is 2.79. The van der Waals surface area contributed by atoms with E-state index in [1.54, 1.807) is 34.6 Å². The van der Waals surface area contributed by atoms with Crippen LogP contribution >= 0.6 is 22.9 Å². The van der Waals surface area contributed by atoms with Crippen molar-refractivity contribution in [2.75, 3.05) is 5.32 Å². The number of nitrogens with one attached hydrogen (secondary N) is 1. The number of hydrogen-bond acceptors (Lipinski definition) is 5. The van der Waals surface area contributed by atoms with Crippen LogP contribution in [-0.4, -0.2) is 20.7 Å². The zero-order valence-corrected chi connectivity index (χ0v) is 17.1. The highest BCUT2D eigenvalue weighted by atomic mass is 35.5. The van der Waals surface area contributed by atoms with Crippen molar-refractivity contribution in [3.8, 4) is 23.0 Å². The van der Waals surface area contributed by atoms with Gasteiger partial charge in [0.05, 0.1) is 11.4 Å². The Morgan fingerprint density at radius 3 is 2.60 bits per heavy atom. The number of carbonyl (C=O) groups excluding carboxylic acids is 1. The number of rotatable bonds is 5. The largest absolute Gasteiger partial charge is 0.297 e. The van der Waals surface area contributed by atoms with E-state index in [2.05, 4.69) is 15.4 Å². The molecule has 0 fully saturated rings. The lowest BCUT2D eigenvalue weighted by atomic mass is 10.1. The SMILES string of the molecule is N#CC(=Cc1cn(-c2ccccc2)nc1-c1ccc(Cl)cc1)C(=O)Nc1nccs1. The van der Waals surface area contributed by atoms with Crippen LogP contribution in [-0.2, 0) is 4.79 Å². The molecule has 0 saturated carbocycles. The van der Waals surface area contributed by atoms with Crippen molar-refractivity contribution in [1.82, 2.24) is 14.8 Å².